The molecule has 0 unspecified atom stereocenters. The summed E-state index contributed by atoms with van der Waals surface area (Å²) < 4.78 is 1.76. The SMILES string of the molecule is c1ccc(-n2cncn2)c(C2=NC2)c1. The molecule has 1 aliphatic heterocycles. The van der Waals surface area contributed by atoms with Crippen LogP contribution in [0.2, 0.25) is 0 Å². The molecular formula is C10H8N4. The summed E-state index contributed by atoms with van der Waals surface area (Å²) in [7, 11) is 0. The first-order valence-electron chi connectivity index (χ1n) is 4.43. The lowest BCUT2D eigenvalue weighted by molar-refractivity contribution is 0.877. The molecule has 2 heterocycles. The van der Waals surface area contributed by atoms with E-state index >= 15 is 0 Å². The van der Waals surface area contributed by atoms with E-state index in [-0.39, 0.29) is 0 Å². The number of nitrogens with zero attached hydrogens (tertiary/aromatic N) is 4. The second-order valence-electron chi connectivity index (χ2n) is 3.12. The van der Waals surface area contributed by atoms with Gasteiger partial charge in [-0.1, -0.05) is 18.2 Å². The largest absolute Gasteiger partial charge is 0.281 e. The molecule has 4 nitrogen and oxygen atoms in total. The van der Waals surface area contributed by atoms with Crippen molar-refractivity contribution in [3.05, 3.63) is 42.5 Å². The Balaban J connectivity index is 2.17. The Morgan fingerprint density at radius 2 is 2.07 bits per heavy atom. The Bertz CT molecular complexity index is 485. The number of aromatic nitrogens is 3. The van der Waals surface area contributed by atoms with E-state index < -0.39 is 0 Å². The van der Waals surface area contributed by atoms with Crippen molar-refractivity contribution in [3.63, 3.8) is 0 Å². The highest BCUT2D eigenvalue weighted by Gasteiger charge is 2.16. The van der Waals surface area contributed by atoms with E-state index in [4.69, 9.17) is 0 Å². The van der Waals surface area contributed by atoms with Crippen LogP contribution in [0, 0.1) is 0 Å². The van der Waals surface area contributed by atoms with Crippen LogP contribution >= 0.6 is 0 Å². The second kappa shape index (κ2) is 2.77. The molecule has 2 aromatic rings. The smallest absolute Gasteiger partial charge is 0.138 e. The van der Waals surface area contributed by atoms with Crippen LogP contribution in [0.15, 0.2) is 41.9 Å². The summed E-state index contributed by atoms with van der Waals surface area (Å²) in [6.45, 7) is 0.853. The lowest BCUT2D eigenvalue weighted by atomic mass is 10.1. The first-order valence-corrected chi connectivity index (χ1v) is 4.43. The van der Waals surface area contributed by atoms with Crippen molar-refractivity contribution in [3.8, 4) is 5.69 Å². The van der Waals surface area contributed by atoms with Crippen molar-refractivity contribution in [2.75, 3.05) is 6.54 Å². The van der Waals surface area contributed by atoms with Crippen LogP contribution in [0.4, 0.5) is 0 Å². The van der Waals surface area contributed by atoms with Crippen molar-refractivity contribution >= 4 is 5.71 Å². The molecule has 0 spiro atoms. The normalized spacial score (nSPS) is 13.9. The Hall–Kier alpha value is -1.97. The van der Waals surface area contributed by atoms with Gasteiger partial charge in [0.05, 0.1) is 17.9 Å². The van der Waals surface area contributed by atoms with Crippen LogP contribution in [0.1, 0.15) is 5.56 Å². The first kappa shape index (κ1) is 7.44. The average molecular weight is 184 g/mol. The Morgan fingerprint density at radius 3 is 2.79 bits per heavy atom. The van der Waals surface area contributed by atoms with Crippen LogP contribution in [0.3, 0.4) is 0 Å². The maximum atomic E-state index is 4.20. The van der Waals surface area contributed by atoms with E-state index in [2.05, 4.69) is 21.1 Å². The number of para-hydroxylation sites is 1. The van der Waals surface area contributed by atoms with Gasteiger partial charge >= 0.3 is 0 Å². The molecular weight excluding hydrogens is 176 g/mol. The zero-order chi connectivity index (χ0) is 9.38. The van der Waals surface area contributed by atoms with Crippen molar-refractivity contribution < 1.29 is 0 Å². The van der Waals surface area contributed by atoms with Crippen LogP contribution in [0.25, 0.3) is 5.69 Å². The fourth-order valence-electron chi connectivity index (χ4n) is 1.46. The van der Waals surface area contributed by atoms with E-state index in [0.29, 0.717) is 0 Å². The molecule has 0 bridgehead atoms. The fraction of sp³-hybridized carbons (Fsp3) is 0.100. The van der Waals surface area contributed by atoms with Crippen LogP contribution < -0.4 is 0 Å². The maximum absolute atomic E-state index is 4.20. The molecule has 14 heavy (non-hydrogen) atoms. The van der Waals surface area contributed by atoms with Gasteiger partial charge in [0.2, 0.25) is 0 Å². The van der Waals surface area contributed by atoms with E-state index in [0.717, 1.165) is 23.5 Å². The molecule has 0 fully saturated rings. The third kappa shape index (κ3) is 1.12. The van der Waals surface area contributed by atoms with Crippen molar-refractivity contribution in [1.82, 2.24) is 14.8 Å². The molecule has 0 amide bonds. The summed E-state index contributed by atoms with van der Waals surface area (Å²) >= 11 is 0. The summed E-state index contributed by atoms with van der Waals surface area (Å²) in [6, 6.07) is 8.08. The van der Waals surface area contributed by atoms with Gasteiger partial charge in [0.25, 0.3) is 0 Å². The maximum Gasteiger partial charge on any atom is 0.138 e. The lowest BCUT2D eigenvalue weighted by Crippen LogP contribution is -2.01. The molecule has 1 aliphatic rings. The second-order valence-corrected chi connectivity index (χ2v) is 3.12. The topological polar surface area (TPSA) is 43.1 Å². The van der Waals surface area contributed by atoms with E-state index in [1.54, 1.807) is 11.0 Å². The first-order chi connectivity index (χ1) is 6.95. The fourth-order valence-corrected chi connectivity index (χ4v) is 1.46. The third-order valence-electron chi connectivity index (χ3n) is 2.20. The van der Waals surface area contributed by atoms with Gasteiger partial charge in [0.15, 0.2) is 0 Å². The number of hydrogen-bond donors (Lipinski definition) is 0. The number of hydrogen-bond acceptors (Lipinski definition) is 3. The van der Waals surface area contributed by atoms with Gasteiger partial charge in [-0.15, -0.1) is 0 Å². The van der Waals surface area contributed by atoms with Gasteiger partial charge in [-0.05, 0) is 6.07 Å². The zero-order valence-corrected chi connectivity index (χ0v) is 7.46. The molecule has 68 valence electrons. The predicted molar refractivity (Wildman–Crippen MR) is 52.8 cm³/mol. The van der Waals surface area contributed by atoms with E-state index in [1.807, 2.05) is 18.2 Å². The molecule has 0 atom stereocenters. The standard InChI is InChI=1S/C10H8N4/c1-2-4-10(14-7-11-6-13-14)8(3-1)9-5-12-9/h1-4,6-7H,5H2. The number of aliphatic imine (C=N–C) groups is 1. The summed E-state index contributed by atoms with van der Waals surface area (Å²) in [5, 5.41) is 4.11. The minimum Gasteiger partial charge on any atom is -0.281 e. The van der Waals surface area contributed by atoms with Crippen LogP contribution in [-0.2, 0) is 0 Å². The summed E-state index contributed by atoms with van der Waals surface area (Å²) in [4.78, 5) is 8.13. The molecule has 1 aromatic carbocycles. The van der Waals surface area contributed by atoms with Crippen molar-refractivity contribution in [1.29, 1.82) is 0 Å². The van der Waals surface area contributed by atoms with Crippen LogP contribution in [-0.4, -0.2) is 27.0 Å². The molecule has 0 saturated heterocycles. The Morgan fingerprint density at radius 1 is 1.21 bits per heavy atom. The van der Waals surface area contributed by atoms with Crippen LogP contribution in [0.5, 0.6) is 0 Å². The molecule has 1 aromatic heterocycles. The van der Waals surface area contributed by atoms with Crippen molar-refractivity contribution in [2.45, 2.75) is 0 Å². The highest BCUT2D eigenvalue weighted by Crippen LogP contribution is 2.18. The zero-order valence-electron chi connectivity index (χ0n) is 7.46. The highest BCUT2D eigenvalue weighted by atomic mass is 15.3. The van der Waals surface area contributed by atoms with Gasteiger partial charge in [-0.25, -0.2) is 9.67 Å². The Labute approximate surface area is 80.9 Å². The minimum absolute atomic E-state index is 0.853. The average Bonchev–Trinajstić information content (AvgIpc) is 2.94. The van der Waals surface area contributed by atoms with Gasteiger partial charge in [0.1, 0.15) is 12.7 Å². The van der Waals surface area contributed by atoms with Gasteiger partial charge in [-0.3, -0.25) is 4.99 Å². The lowest BCUT2D eigenvalue weighted by Gasteiger charge is -2.03. The third-order valence-corrected chi connectivity index (χ3v) is 2.20. The molecule has 0 radical (unpaired) electrons. The van der Waals surface area contributed by atoms with Gasteiger partial charge < -0.3 is 0 Å². The summed E-state index contributed by atoms with van der Waals surface area (Å²) in [5.74, 6) is 0. The molecule has 0 aliphatic carbocycles. The van der Waals surface area contributed by atoms with Gasteiger partial charge in [0, 0.05) is 5.56 Å². The monoisotopic (exact) mass is 184 g/mol. The molecule has 0 N–H and O–H groups in total. The quantitative estimate of drug-likeness (QED) is 0.700. The van der Waals surface area contributed by atoms with Crippen molar-refractivity contribution in [2.24, 2.45) is 4.99 Å². The summed E-state index contributed by atoms with van der Waals surface area (Å²) in [6.07, 6.45) is 3.23. The highest BCUT2D eigenvalue weighted by molar-refractivity contribution is 6.12. The predicted octanol–water partition coefficient (Wildman–Crippen LogP) is 1.07. The molecule has 4 heteroatoms. The molecule has 0 saturated carbocycles. The van der Waals surface area contributed by atoms with E-state index in [1.165, 1.54) is 6.33 Å². The number of rotatable bonds is 2. The molecule has 3 rings (SSSR count). The summed E-state index contributed by atoms with van der Waals surface area (Å²) in [5.41, 5.74) is 3.34. The number of benzene rings is 1. The van der Waals surface area contributed by atoms with E-state index in [9.17, 15) is 0 Å². The van der Waals surface area contributed by atoms with Gasteiger partial charge in [-0.2, -0.15) is 5.10 Å². The Kier molecular flexibility index (Phi) is 1.47. The minimum atomic E-state index is 0.853.